The lowest BCUT2D eigenvalue weighted by Crippen LogP contribution is -2.37. The van der Waals surface area contributed by atoms with E-state index in [9.17, 15) is 4.79 Å². The smallest absolute Gasteiger partial charge is 0.321 e. The van der Waals surface area contributed by atoms with Crippen LogP contribution in [0, 0.1) is 0 Å². The fraction of sp³-hybridized carbons (Fsp3) is 0.500. The van der Waals surface area contributed by atoms with Gasteiger partial charge in [0.25, 0.3) is 0 Å². The first-order chi connectivity index (χ1) is 10.6. The van der Waals surface area contributed by atoms with Crippen molar-refractivity contribution in [3.8, 4) is 0 Å². The fourth-order valence-electron chi connectivity index (χ4n) is 2.81. The zero-order valence-corrected chi connectivity index (χ0v) is 13.8. The van der Waals surface area contributed by atoms with E-state index in [-0.39, 0.29) is 11.6 Å². The van der Waals surface area contributed by atoms with Gasteiger partial charge in [-0.25, -0.2) is 4.79 Å². The molecule has 2 aromatic rings. The Morgan fingerprint density at radius 2 is 2.27 bits per heavy atom. The number of nitrogens with zero attached hydrogens (tertiary/aromatic N) is 2. The number of rotatable bonds is 2. The van der Waals surface area contributed by atoms with Crippen LogP contribution in [0.2, 0.25) is 0 Å². The van der Waals surface area contributed by atoms with Crippen LogP contribution in [-0.2, 0) is 4.74 Å². The lowest BCUT2D eigenvalue weighted by molar-refractivity contribution is -0.00491. The molecule has 5 nitrogen and oxygen atoms in total. The molecule has 22 heavy (non-hydrogen) atoms. The molecule has 3 rings (SSSR count). The third kappa shape index (κ3) is 3.23. The summed E-state index contributed by atoms with van der Waals surface area (Å²) in [7, 11) is 1.75. The van der Waals surface area contributed by atoms with Gasteiger partial charge >= 0.3 is 6.03 Å². The van der Waals surface area contributed by atoms with E-state index in [2.05, 4.69) is 16.6 Å². The molecule has 0 bridgehead atoms. The van der Waals surface area contributed by atoms with Crippen LogP contribution in [0.3, 0.4) is 0 Å². The number of fused-ring (bicyclic) bond motifs is 1. The number of hydrogen-bond acceptors (Lipinski definition) is 4. The number of anilines is 1. The van der Waals surface area contributed by atoms with E-state index in [1.54, 1.807) is 7.11 Å². The van der Waals surface area contributed by atoms with E-state index in [0.717, 1.165) is 48.9 Å². The molecule has 6 heteroatoms. The second-order valence-electron chi connectivity index (χ2n) is 6.01. The monoisotopic (exact) mass is 319 g/mol. The van der Waals surface area contributed by atoms with Crippen LogP contribution in [0.1, 0.15) is 26.2 Å². The first kappa shape index (κ1) is 15.2. The van der Waals surface area contributed by atoms with Crippen LogP contribution >= 0.6 is 11.5 Å². The van der Waals surface area contributed by atoms with Crippen molar-refractivity contribution in [1.29, 1.82) is 0 Å². The lowest BCUT2D eigenvalue weighted by atomic mass is 9.97. The van der Waals surface area contributed by atoms with Crippen molar-refractivity contribution >= 4 is 34.2 Å². The zero-order chi connectivity index (χ0) is 15.6. The predicted octanol–water partition coefficient (Wildman–Crippen LogP) is 3.72. The molecule has 0 saturated carbocycles. The second-order valence-corrected chi connectivity index (χ2v) is 6.64. The summed E-state index contributed by atoms with van der Waals surface area (Å²) >= 11 is 1.43. The van der Waals surface area contributed by atoms with Gasteiger partial charge in [0.05, 0.1) is 11.1 Å². The number of carbonyl (C=O) groups is 1. The topological polar surface area (TPSA) is 54.5 Å². The highest BCUT2D eigenvalue weighted by atomic mass is 32.1. The van der Waals surface area contributed by atoms with Crippen LogP contribution in [0.15, 0.2) is 23.6 Å². The van der Waals surface area contributed by atoms with Crippen molar-refractivity contribution in [3.05, 3.63) is 23.6 Å². The van der Waals surface area contributed by atoms with E-state index >= 15 is 0 Å². The summed E-state index contributed by atoms with van der Waals surface area (Å²) in [6.45, 7) is 3.61. The minimum atomic E-state index is -0.115. The Balaban J connectivity index is 1.66. The first-order valence-electron chi connectivity index (χ1n) is 7.55. The van der Waals surface area contributed by atoms with Gasteiger partial charge in [-0.2, -0.15) is 4.37 Å². The van der Waals surface area contributed by atoms with E-state index in [4.69, 9.17) is 4.74 Å². The molecule has 1 aliphatic rings. The number of ether oxygens (including phenoxy) is 1. The number of urea groups is 1. The van der Waals surface area contributed by atoms with Gasteiger partial charge in [0, 0.05) is 36.7 Å². The number of aromatic nitrogens is 1. The molecule has 2 amide bonds. The first-order valence-corrected chi connectivity index (χ1v) is 8.38. The van der Waals surface area contributed by atoms with Gasteiger partial charge in [-0.05, 0) is 55.9 Å². The van der Waals surface area contributed by atoms with Gasteiger partial charge in [-0.1, -0.05) is 0 Å². The molecule has 118 valence electrons. The Bertz CT molecular complexity index is 672. The summed E-state index contributed by atoms with van der Waals surface area (Å²) in [4.78, 5) is 14.3. The standard InChI is InChI=1S/C16H21N3O2S/c1-16(21-2)6-3-8-19(9-7-16)15(20)17-13-4-5-14-12(10-13)11-22-18-14/h4-5,10-11H,3,6-9H2,1-2H3,(H,17,20). The van der Waals surface area contributed by atoms with Crippen LogP contribution < -0.4 is 5.32 Å². The summed E-state index contributed by atoms with van der Waals surface area (Å²) in [5, 5.41) is 6.04. The zero-order valence-electron chi connectivity index (χ0n) is 13.0. The van der Waals surface area contributed by atoms with Gasteiger partial charge in [0.15, 0.2) is 0 Å². The molecule has 1 aromatic heterocycles. The maximum atomic E-state index is 12.5. The van der Waals surface area contributed by atoms with Gasteiger partial charge < -0.3 is 15.0 Å². The molecule has 1 aliphatic heterocycles. The summed E-state index contributed by atoms with van der Waals surface area (Å²) in [6, 6.07) is 5.76. The van der Waals surface area contributed by atoms with Crippen molar-refractivity contribution in [2.45, 2.75) is 31.8 Å². The Morgan fingerprint density at radius 1 is 1.41 bits per heavy atom. The largest absolute Gasteiger partial charge is 0.378 e. The van der Waals surface area contributed by atoms with Gasteiger partial charge in [0.2, 0.25) is 0 Å². The van der Waals surface area contributed by atoms with Crippen LogP contribution in [0.4, 0.5) is 10.5 Å². The second kappa shape index (κ2) is 6.22. The number of hydrogen-bond donors (Lipinski definition) is 1. The van der Waals surface area contributed by atoms with Crippen molar-refractivity contribution in [2.75, 3.05) is 25.5 Å². The molecular weight excluding hydrogens is 298 g/mol. The molecule has 2 heterocycles. The van der Waals surface area contributed by atoms with Gasteiger partial charge in [-0.3, -0.25) is 0 Å². The van der Waals surface area contributed by atoms with Crippen LogP contribution in [0.5, 0.6) is 0 Å². The number of nitrogens with one attached hydrogen (secondary N) is 1. The summed E-state index contributed by atoms with van der Waals surface area (Å²) in [5.41, 5.74) is 1.67. The van der Waals surface area contributed by atoms with E-state index < -0.39 is 0 Å². The van der Waals surface area contributed by atoms with Crippen molar-refractivity contribution in [2.24, 2.45) is 0 Å². The van der Waals surface area contributed by atoms with Crippen LogP contribution in [0.25, 0.3) is 10.9 Å². The highest BCUT2D eigenvalue weighted by Crippen LogP contribution is 2.26. The Labute approximate surface area is 134 Å². The molecule has 1 atom stereocenters. The highest BCUT2D eigenvalue weighted by Gasteiger charge is 2.29. The molecular formula is C16H21N3O2S. The van der Waals surface area contributed by atoms with E-state index in [1.807, 2.05) is 28.5 Å². The number of carbonyl (C=O) groups excluding carboxylic acids is 1. The van der Waals surface area contributed by atoms with Crippen LogP contribution in [-0.4, -0.2) is 41.1 Å². The molecule has 1 N–H and O–H groups in total. The maximum absolute atomic E-state index is 12.5. The number of likely N-dealkylation sites (tertiary alicyclic amines) is 1. The predicted molar refractivity (Wildman–Crippen MR) is 89.5 cm³/mol. The summed E-state index contributed by atoms with van der Waals surface area (Å²) < 4.78 is 9.85. The average molecular weight is 319 g/mol. The number of amides is 2. The van der Waals surface area contributed by atoms with Crippen molar-refractivity contribution < 1.29 is 9.53 Å². The third-order valence-electron chi connectivity index (χ3n) is 4.43. The Morgan fingerprint density at radius 3 is 3.09 bits per heavy atom. The van der Waals surface area contributed by atoms with Crippen molar-refractivity contribution in [1.82, 2.24) is 9.27 Å². The molecule has 1 unspecified atom stereocenters. The average Bonchev–Trinajstić information content (AvgIpc) is 2.88. The lowest BCUT2D eigenvalue weighted by Gasteiger charge is -2.26. The fourth-order valence-corrected chi connectivity index (χ4v) is 3.45. The minimum Gasteiger partial charge on any atom is -0.378 e. The number of benzene rings is 1. The molecule has 0 aliphatic carbocycles. The normalized spacial score (nSPS) is 22.5. The highest BCUT2D eigenvalue weighted by molar-refractivity contribution is 7.04. The summed E-state index contributed by atoms with van der Waals surface area (Å²) in [6.07, 6.45) is 2.81. The molecule has 0 spiro atoms. The molecule has 0 radical (unpaired) electrons. The Hall–Kier alpha value is -1.66. The van der Waals surface area contributed by atoms with E-state index in [1.165, 1.54) is 11.5 Å². The molecule has 1 saturated heterocycles. The summed E-state index contributed by atoms with van der Waals surface area (Å²) in [5.74, 6) is 0. The minimum absolute atomic E-state index is 0.0390. The van der Waals surface area contributed by atoms with Gasteiger partial charge in [0.1, 0.15) is 0 Å². The quantitative estimate of drug-likeness (QED) is 0.918. The van der Waals surface area contributed by atoms with Crippen molar-refractivity contribution in [3.63, 3.8) is 0 Å². The molecule has 1 aromatic carbocycles. The molecule has 1 fully saturated rings. The third-order valence-corrected chi connectivity index (χ3v) is 5.10. The maximum Gasteiger partial charge on any atom is 0.321 e. The number of methoxy groups -OCH3 is 1. The Kier molecular flexibility index (Phi) is 4.31. The van der Waals surface area contributed by atoms with Gasteiger partial charge in [-0.15, -0.1) is 0 Å². The SMILES string of the molecule is COC1(C)CCCN(C(=O)Nc2ccc3nscc3c2)CC1. The van der Waals surface area contributed by atoms with E-state index in [0.29, 0.717) is 0 Å².